The number of hydrogen-bond donors (Lipinski definition) is 1. The molecule has 0 aliphatic heterocycles. The molecule has 1 heterocycles. The van der Waals surface area contributed by atoms with Crippen LogP contribution >= 0.6 is 0 Å². The third kappa shape index (κ3) is 2.69. The van der Waals surface area contributed by atoms with E-state index in [1.807, 2.05) is 19.2 Å². The van der Waals surface area contributed by atoms with Crippen molar-refractivity contribution in [2.24, 2.45) is 0 Å². The van der Waals surface area contributed by atoms with Gasteiger partial charge in [0.1, 0.15) is 5.82 Å². The standard InChI is InChI=1S/C16H20FN3/c1-12-7-8-15(14(17)11-12)19-16-18-9-10-20(16)13-5-3-2-4-6-13/h7-11,13H,2-6H2,1H3,(H,18,19). The number of benzene rings is 1. The molecule has 3 nitrogen and oxygen atoms in total. The van der Waals surface area contributed by atoms with E-state index in [1.165, 1.54) is 38.2 Å². The van der Waals surface area contributed by atoms with Crippen LogP contribution in [0.4, 0.5) is 16.0 Å². The first-order chi connectivity index (χ1) is 9.74. The van der Waals surface area contributed by atoms with Gasteiger partial charge in [0, 0.05) is 18.4 Å². The summed E-state index contributed by atoms with van der Waals surface area (Å²) < 4.78 is 16.1. The molecule has 1 N–H and O–H groups in total. The van der Waals surface area contributed by atoms with Crippen LogP contribution in [-0.2, 0) is 0 Å². The molecule has 0 saturated heterocycles. The van der Waals surface area contributed by atoms with Crippen LogP contribution in [-0.4, -0.2) is 9.55 Å². The molecule has 0 atom stereocenters. The highest BCUT2D eigenvalue weighted by Gasteiger charge is 2.18. The highest BCUT2D eigenvalue weighted by atomic mass is 19.1. The summed E-state index contributed by atoms with van der Waals surface area (Å²) in [6, 6.07) is 5.70. The molecule has 4 heteroatoms. The number of imidazole rings is 1. The van der Waals surface area contributed by atoms with Gasteiger partial charge in [0.2, 0.25) is 5.95 Å². The molecule has 1 aromatic carbocycles. The number of rotatable bonds is 3. The highest BCUT2D eigenvalue weighted by molar-refractivity contribution is 5.55. The molecule has 1 aliphatic rings. The van der Waals surface area contributed by atoms with E-state index in [0.717, 1.165) is 11.5 Å². The van der Waals surface area contributed by atoms with Crippen molar-refractivity contribution >= 4 is 11.6 Å². The Morgan fingerprint density at radius 2 is 2.05 bits per heavy atom. The highest BCUT2D eigenvalue weighted by Crippen LogP contribution is 2.31. The zero-order chi connectivity index (χ0) is 13.9. The summed E-state index contributed by atoms with van der Waals surface area (Å²) in [5.74, 6) is 0.503. The lowest BCUT2D eigenvalue weighted by Gasteiger charge is -2.24. The first-order valence-electron chi connectivity index (χ1n) is 7.30. The zero-order valence-electron chi connectivity index (χ0n) is 11.8. The van der Waals surface area contributed by atoms with Gasteiger partial charge in [-0.25, -0.2) is 9.37 Å². The Kier molecular flexibility index (Phi) is 3.72. The van der Waals surface area contributed by atoms with E-state index >= 15 is 0 Å². The molecule has 0 unspecified atom stereocenters. The minimum Gasteiger partial charge on any atom is -0.323 e. The van der Waals surface area contributed by atoms with Gasteiger partial charge in [0.25, 0.3) is 0 Å². The molecule has 0 radical (unpaired) electrons. The summed E-state index contributed by atoms with van der Waals surface area (Å²) in [6.07, 6.45) is 9.99. The lowest BCUT2D eigenvalue weighted by Crippen LogP contribution is -2.14. The molecule has 1 saturated carbocycles. The fourth-order valence-corrected chi connectivity index (χ4v) is 2.91. The van der Waals surface area contributed by atoms with E-state index in [1.54, 1.807) is 12.3 Å². The van der Waals surface area contributed by atoms with Crippen LogP contribution in [0.3, 0.4) is 0 Å². The molecule has 3 rings (SSSR count). The van der Waals surface area contributed by atoms with Gasteiger partial charge in [-0.3, -0.25) is 0 Å². The minimum atomic E-state index is -0.233. The molecule has 0 amide bonds. The van der Waals surface area contributed by atoms with Gasteiger partial charge in [-0.1, -0.05) is 25.3 Å². The van der Waals surface area contributed by atoms with Gasteiger partial charge in [-0.05, 0) is 37.5 Å². The van der Waals surface area contributed by atoms with E-state index in [9.17, 15) is 4.39 Å². The largest absolute Gasteiger partial charge is 0.323 e. The minimum absolute atomic E-state index is 0.233. The van der Waals surface area contributed by atoms with Crippen LogP contribution < -0.4 is 5.32 Å². The van der Waals surface area contributed by atoms with Crippen molar-refractivity contribution in [1.29, 1.82) is 0 Å². The van der Waals surface area contributed by atoms with E-state index in [4.69, 9.17) is 0 Å². The van der Waals surface area contributed by atoms with Gasteiger partial charge in [0.15, 0.2) is 0 Å². The molecule has 1 fully saturated rings. The summed E-state index contributed by atoms with van der Waals surface area (Å²) >= 11 is 0. The van der Waals surface area contributed by atoms with Gasteiger partial charge in [0.05, 0.1) is 5.69 Å². The van der Waals surface area contributed by atoms with Gasteiger partial charge >= 0.3 is 0 Å². The van der Waals surface area contributed by atoms with Gasteiger partial charge in [-0.15, -0.1) is 0 Å². The smallest absolute Gasteiger partial charge is 0.207 e. The van der Waals surface area contributed by atoms with Crippen molar-refractivity contribution in [3.63, 3.8) is 0 Å². The maximum absolute atomic E-state index is 13.9. The van der Waals surface area contributed by atoms with Crippen LogP contribution in [0.2, 0.25) is 0 Å². The molecule has 1 aliphatic carbocycles. The lowest BCUT2D eigenvalue weighted by atomic mass is 9.95. The number of nitrogens with one attached hydrogen (secondary N) is 1. The van der Waals surface area contributed by atoms with Crippen LogP contribution in [0.1, 0.15) is 43.7 Å². The van der Waals surface area contributed by atoms with Crippen LogP contribution in [0, 0.1) is 12.7 Å². The summed E-state index contributed by atoms with van der Waals surface area (Å²) in [4.78, 5) is 4.34. The number of aromatic nitrogens is 2. The second-order valence-electron chi connectivity index (χ2n) is 5.56. The average Bonchev–Trinajstić information content (AvgIpc) is 2.91. The van der Waals surface area contributed by atoms with Crippen LogP contribution in [0.25, 0.3) is 0 Å². The topological polar surface area (TPSA) is 29.9 Å². The lowest BCUT2D eigenvalue weighted by molar-refractivity contribution is 0.356. The van der Waals surface area contributed by atoms with E-state index in [-0.39, 0.29) is 5.82 Å². The summed E-state index contributed by atoms with van der Waals surface area (Å²) in [7, 11) is 0. The number of nitrogens with zero attached hydrogens (tertiary/aromatic N) is 2. The number of hydrogen-bond acceptors (Lipinski definition) is 2. The Labute approximate surface area is 118 Å². The normalized spacial score (nSPS) is 16.3. The predicted octanol–water partition coefficient (Wildman–Crippen LogP) is 4.58. The van der Waals surface area contributed by atoms with Crippen molar-refractivity contribution in [3.8, 4) is 0 Å². The van der Waals surface area contributed by atoms with Crippen molar-refractivity contribution in [3.05, 3.63) is 42.0 Å². The van der Waals surface area contributed by atoms with E-state index < -0.39 is 0 Å². The molecular formula is C16H20FN3. The molecular weight excluding hydrogens is 253 g/mol. The van der Waals surface area contributed by atoms with Crippen LogP contribution in [0.5, 0.6) is 0 Å². The Bertz CT molecular complexity index is 585. The summed E-state index contributed by atoms with van der Waals surface area (Å²) in [6.45, 7) is 1.88. The molecule has 0 spiro atoms. The Hall–Kier alpha value is -1.84. The fourth-order valence-electron chi connectivity index (χ4n) is 2.91. The Morgan fingerprint density at radius 3 is 2.80 bits per heavy atom. The predicted molar refractivity (Wildman–Crippen MR) is 78.8 cm³/mol. The van der Waals surface area contributed by atoms with Crippen LogP contribution in [0.15, 0.2) is 30.6 Å². The van der Waals surface area contributed by atoms with Gasteiger partial charge in [-0.2, -0.15) is 0 Å². The third-order valence-corrected chi connectivity index (χ3v) is 4.01. The average molecular weight is 273 g/mol. The summed E-state index contributed by atoms with van der Waals surface area (Å²) in [5, 5.41) is 3.12. The monoisotopic (exact) mass is 273 g/mol. The number of aryl methyl sites for hydroxylation is 1. The van der Waals surface area contributed by atoms with Gasteiger partial charge < -0.3 is 9.88 Å². The number of halogens is 1. The Balaban J connectivity index is 1.82. The first-order valence-corrected chi connectivity index (χ1v) is 7.30. The molecule has 1 aromatic heterocycles. The van der Waals surface area contributed by atoms with Crippen molar-refractivity contribution in [2.45, 2.75) is 45.1 Å². The SMILES string of the molecule is Cc1ccc(Nc2nccn2C2CCCCC2)c(F)c1. The summed E-state index contributed by atoms with van der Waals surface area (Å²) in [5.41, 5.74) is 1.41. The maximum atomic E-state index is 13.9. The first kappa shape index (κ1) is 13.2. The number of anilines is 2. The zero-order valence-corrected chi connectivity index (χ0v) is 11.8. The van der Waals surface area contributed by atoms with E-state index in [2.05, 4.69) is 14.9 Å². The molecule has 106 valence electrons. The van der Waals surface area contributed by atoms with Crippen molar-refractivity contribution in [2.75, 3.05) is 5.32 Å². The van der Waals surface area contributed by atoms with E-state index in [0.29, 0.717) is 11.7 Å². The quantitative estimate of drug-likeness (QED) is 0.887. The second-order valence-corrected chi connectivity index (χ2v) is 5.56. The van der Waals surface area contributed by atoms with Crippen molar-refractivity contribution < 1.29 is 4.39 Å². The molecule has 0 bridgehead atoms. The second kappa shape index (κ2) is 5.65. The third-order valence-electron chi connectivity index (χ3n) is 4.01. The van der Waals surface area contributed by atoms with Crippen molar-refractivity contribution in [1.82, 2.24) is 9.55 Å². The fraction of sp³-hybridized carbons (Fsp3) is 0.438. The Morgan fingerprint density at radius 1 is 1.25 bits per heavy atom. The maximum Gasteiger partial charge on any atom is 0.207 e. The molecule has 2 aromatic rings. The molecule has 20 heavy (non-hydrogen) atoms.